The Morgan fingerprint density at radius 2 is 1.57 bits per heavy atom. The Hall–Kier alpha value is -0.443. The second kappa shape index (κ2) is 14.5. The van der Waals surface area contributed by atoms with Crippen molar-refractivity contribution in [2.24, 2.45) is 9.98 Å². The van der Waals surface area contributed by atoms with Gasteiger partial charge in [0.05, 0.1) is 14.0 Å². The maximum Gasteiger partial charge on any atom is 0.237 e. The van der Waals surface area contributed by atoms with Crippen LogP contribution in [0, 0.1) is 0 Å². The molecule has 0 saturated carbocycles. The van der Waals surface area contributed by atoms with Crippen molar-refractivity contribution in [3.05, 3.63) is 0 Å². The first-order chi connectivity index (χ1) is 10.1. The second-order valence-corrected chi connectivity index (χ2v) is 9.96. The molecule has 0 heterocycles. The summed E-state index contributed by atoms with van der Waals surface area (Å²) >= 11 is 11.8. The summed E-state index contributed by atoms with van der Waals surface area (Å²) in [5.74, 6) is 0. The van der Waals surface area contributed by atoms with Crippen LogP contribution in [0.15, 0.2) is 9.98 Å². The van der Waals surface area contributed by atoms with Gasteiger partial charge < -0.3 is 0 Å². The van der Waals surface area contributed by atoms with Crippen LogP contribution in [0.3, 0.4) is 0 Å². The monoisotopic (exact) mass is 350 g/mol. The molecule has 0 spiro atoms. The summed E-state index contributed by atoms with van der Waals surface area (Å²) in [6, 6.07) is 0. The summed E-state index contributed by atoms with van der Waals surface area (Å²) in [7, 11) is -0.709. The number of halogens is 2. The fourth-order valence-corrected chi connectivity index (χ4v) is 5.38. The SMILES string of the molecule is CCCCCCCCC(CC(N=C=O)N=C=O)[SiH2]C(Cl)Cl. The van der Waals surface area contributed by atoms with Crippen LogP contribution in [-0.2, 0) is 9.59 Å². The van der Waals surface area contributed by atoms with Gasteiger partial charge >= 0.3 is 0 Å². The fourth-order valence-electron chi connectivity index (χ4n) is 2.35. The molecule has 0 aromatic carbocycles. The van der Waals surface area contributed by atoms with E-state index < -0.39 is 15.7 Å². The van der Waals surface area contributed by atoms with E-state index in [0.717, 1.165) is 12.8 Å². The lowest BCUT2D eigenvalue weighted by Gasteiger charge is -2.17. The molecule has 0 aromatic heterocycles. The van der Waals surface area contributed by atoms with E-state index >= 15 is 0 Å². The van der Waals surface area contributed by atoms with Crippen LogP contribution in [0.1, 0.15) is 58.3 Å². The highest BCUT2D eigenvalue weighted by molar-refractivity contribution is 6.69. The molecule has 0 radical (unpaired) electrons. The van der Waals surface area contributed by atoms with Gasteiger partial charge in [0.25, 0.3) is 0 Å². The van der Waals surface area contributed by atoms with E-state index in [4.69, 9.17) is 23.2 Å². The minimum atomic E-state index is -0.709. The number of aliphatic imine (C=N–C) groups is 2. The molecule has 0 aromatic rings. The van der Waals surface area contributed by atoms with E-state index in [2.05, 4.69) is 16.9 Å². The van der Waals surface area contributed by atoms with Crippen molar-refractivity contribution in [1.82, 2.24) is 0 Å². The molecule has 0 aliphatic heterocycles. The van der Waals surface area contributed by atoms with E-state index in [1.807, 2.05) is 0 Å². The van der Waals surface area contributed by atoms with Gasteiger partial charge in [-0.3, -0.25) is 0 Å². The van der Waals surface area contributed by atoms with Crippen molar-refractivity contribution < 1.29 is 9.59 Å². The van der Waals surface area contributed by atoms with Gasteiger partial charge in [0.1, 0.15) is 0 Å². The zero-order valence-corrected chi connectivity index (χ0v) is 15.5. The van der Waals surface area contributed by atoms with Crippen LogP contribution in [0.5, 0.6) is 0 Å². The van der Waals surface area contributed by atoms with Crippen molar-refractivity contribution in [2.45, 2.75) is 74.5 Å². The largest absolute Gasteiger partial charge is 0.237 e. The van der Waals surface area contributed by atoms with Gasteiger partial charge in [0, 0.05) is 0 Å². The molecule has 0 saturated heterocycles. The molecule has 7 heteroatoms. The summed E-state index contributed by atoms with van der Waals surface area (Å²) in [6.45, 7) is 2.20. The van der Waals surface area contributed by atoms with Crippen molar-refractivity contribution in [2.75, 3.05) is 0 Å². The molecule has 0 amide bonds. The predicted octanol–water partition coefficient (Wildman–Crippen LogP) is 3.84. The smallest absolute Gasteiger partial charge is 0.211 e. The zero-order chi connectivity index (χ0) is 15.9. The molecule has 0 N–H and O–H groups in total. The van der Waals surface area contributed by atoms with Crippen LogP contribution in [0.25, 0.3) is 0 Å². The number of hydrogen-bond donors (Lipinski definition) is 0. The maximum atomic E-state index is 10.3. The molecule has 1 atom stereocenters. The van der Waals surface area contributed by atoms with E-state index in [0.29, 0.717) is 12.0 Å². The molecular weight excluding hydrogens is 327 g/mol. The molecular formula is C14H24Cl2N2O2Si. The molecule has 4 nitrogen and oxygen atoms in total. The Bertz CT molecular complexity index is 339. The van der Waals surface area contributed by atoms with Gasteiger partial charge in [0.2, 0.25) is 12.2 Å². The van der Waals surface area contributed by atoms with E-state index in [1.165, 1.54) is 44.3 Å². The molecule has 0 aliphatic carbocycles. The topological polar surface area (TPSA) is 58.9 Å². The van der Waals surface area contributed by atoms with E-state index in [9.17, 15) is 9.59 Å². The van der Waals surface area contributed by atoms with Crippen LogP contribution >= 0.6 is 23.2 Å². The summed E-state index contributed by atoms with van der Waals surface area (Å²) in [4.78, 5) is 27.7. The number of isocyanates is 2. The fraction of sp³-hybridized carbons (Fsp3) is 0.857. The number of hydrogen-bond acceptors (Lipinski definition) is 4. The molecule has 120 valence electrons. The number of unbranched alkanes of at least 4 members (excludes halogenated alkanes) is 5. The van der Waals surface area contributed by atoms with Gasteiger partial charge in [0.15, 0.2) is 6.17 Å². The van der Waals surface area contributed by atoms with Crippen LogP contribution in [0.4, 0.5) is 0 Å². The Labute approximate surface area is 139 Å². The highest BCUT2D eigenvalue weighted by Crippen LogP contribution is 2.25. The third kappa shape index (κ3) is 13.0. The lowest BCUT2D eigenvalue weighted by Crippen LogP contribution is -2.16. The van der Waals surface area contributed by atoms with E-state index in [1.54, 1.807) is 0 Å². The maximum absolute atomic E-state index is 10.3. The Balaban J connectivity index is 4.23. The first-order valence-corrected chi connectivity index (χ1v) is 10.1. The minimum Gasteiger partial charge on any atom is -0.211 e. The van der Waals surface area contributed by atoms with E-state index in [-0.39, 0.29) is 4.46 Å². The van der Waals surface area contributed by atoms with Crippen LogP contribution in [0.2, 0.25) is 5.54 Å². The molecule has 0 fully saturated rings. The summed E-state index contributed by atoms with van der Waals surface area (Å²) in [5, 5.41) is 0. The van der Waals surface area contributed by atoms with Gasteiger partial charge in [-0.25, -0.2) is 9.59 Å². The lowest BCUT2D eigenvalue weighted by atomic mass is 10.1. The summed E-state index contributed by atoms with van der Waals surface area (Å²) in [6.07, 6.45) is 11.1. The van der Waals surface area contributed by atoms with Crippen LogP contribution < -0.4 is 0 Å². The Morgan fingerprint density at radius 3 is 2.10 bits per heavy atom. The minimum absolute atomic E-state index is 0.323. The number of nitrogens with zero attached hydrogens (tertiary/aromatic N) is 2. The third-order valence-electron chi connectivity index (χ3n) is 3.43. The summed E-state index contributed by atoms with van der Waals surface area (Å²) in [5.41, 5.74) is 0.329. The Morgan fingerprint density at radius 1 is 1.00 bits per heavy atom. The van der Waals surface area contributed by atoms with Crippen molar-refractivity contribution >= 4 is 44.9 Å². The average molecular weight is 351 g/mol. The van der Waals surface area contributed by atoms with Crippen molar-refractivity contribution in [3.63, 3.8) is 0 Å². The standard InChI is InChI=1S/C14H24Cl2N2O2Si/c1-2-3-4-5-6-7-8-12(21-14(15)16)9-13(17-10-19)18-11-20/h12-14H,2-9,21H2,1H3. The molecule has 0 rings (SSSR count). The van der Waals surface area contributed by atoms with Gasteiger partial charge in [-0.1, -0.05) is 51.9 Å². The van der Waals surface area contributed by atoms with Gasteiger partial charge in [-0.2, -0.15) is 9.98 Å². The number of alkyl halides is 2. The number of rotatable bonds is 13. The summed E-state index contributed by atoms with van der Waals surface area (Å²) < 4.78 is -0.323. The molecule has 0 bridgehead atoms. The normalized spacial score (nSPS) is 13.9. The Kier molecular flexibility index (Phi) is 14.2. The quantitative estimate of drug-likeness (QED) is 0.166. The van der Waals surface area contributed by atoms with Crippen molar-refractivity contribution in [1.29, 1.82) is 0 Å². The average Bonchev–Trinajstić information content (AvgIpc) is 2.42. The first kappa shape index (κ1) is 20.6. The van der Waals surface area contributed by atoms with Crippen molar-refractivity contribution in [3.8, 4) is 0 Å². The van der Waals surface area contributed by atoms with Crippen LogP contribution in [-0.4, -0.2) is 32.3 Å². The second-order valence-electron chi connectivity index (χ2n) is 5.21. The van der Waals surface area contributed by atoms with Gasteiger partial charge in [-0.05, 0) is 12.0 Å². The molecule has 21 heavy (non-hydrogen) atoms. The highest BCUT2D eigenvalue weighted by Gasteiger charge is 2.18. The molecule has 0 aliphatic rings. The molecule has 1 unspecified atom stereocenters. The highest BCUT2D eigenvalue weighted by atomic mass is 35.5. The van der Waals surface area contributed by atoms with Gasteiger partial charge in [-0.15, -0.1) is 23.2 Å². The zero-order valence-electron chi connectivity index (χ0n) is 12.6. The lowest BCUT2D eigenvalue weighted by molar-refractivity contribution is 0.515. The predicted molar refractivity (Wildman–Crippen MR) is 90.4 cm³/mol. The first-order valence-electron chi connectivity index (χ1n) is 7.56. The third-order valence-corrected chi connectivity index (χ3v) is 6.26. The number of carbonyl (C=O) groups excluding carboxylic acids is 2.